The van der Waals surface area contributed by atoms with E-state index in [1.54, 1.807) is 12.1 Å². The molecule has 0 spiro atoms. The van der Waals surface area contributed by atoms with Gasteiger partial charge in [-0.15, -0.1) is 0 Å². The molecule has 0 bridgehead atoms. The summed E-state index contributed by atoms with van der Waals surface area (Å²) < 4.78 is 20.5. The van der Waals surface area contributed by atoms with E-state index in [1.807, 2.05) is 24.3 Å². The molecular weight excluding hydrogens is 333 g/mol. The van der Waals surface area contributed by atoms with Crippen LogP contribution in [0.3, 0.4) is 0 Å². The van der Waals surface area contributed by atoms with E-state index in [-0.39, 0.29) is 12.4 Å². The second-order valence-electron chi connectivity index (χ2n) is 5.38. The van der Waals surface area contributed by atoms with E-state index in [4.69, 9.17) is 4.74 Å². The second kappa shape index (κ2) is 5.50. The highest BCUT2D eigenvalue weighted by atomic mass is 79.9. The molecule has 2 aromatic rings. The third-order valence-corrected chi connectivity index (χ3v) is 4.27. The number of benzene rings is 2. The summed E-state index contributed by atoms with van der Waals surface area (Å²) in [5.41, 5.74) is 0.810. The van der Waals surface area contributed by atoms with Gasteiger partial charge in [0.15, 0.2) is 0 Å². The van der Waals surface area contributed by atoms with Crippen molar-refractivity contribution in [1.82, 2.24) is 0 Å². The van der Waals surface area contributed by atoms with Gasteiger partial charge in [0, 0.05) is 4.47 Å². The van der Waals surface area contributed by atoms with Crippen LogP contribution in [0.5, 0.6) is 5.75 Å². The summed E-state index contributed by atoms with van der Waals surface area (Å²) in [6.07, 6.45) is 0.911. The minimum atomic E-state index is -0.726. The van der Waals surface area contributed by atoms with Crippen LogP contribution >= 0.6 is 15.9 Å². The molecule has 3 rings (SSSR count). The Bertz CT molecular complexity index is 725. The maximum atomic E-state index is 14.0. The van der Waals surface area contributed by atoms with Gasteiger partial charge < -0.3 is 4.74 Å². The number of rotatable bonds is 2. The number of halogens is 2. The van der Waals surface area contributed by atoms with E-state index < -0.39 is 5.41 Å². The van der Waals surface area contributed by atoms with Gasteiger partial charge in [0.05, 0.1) is 11.5 Å². The summed E-state index contributed by atoms with van der Waals surface area (Å²) in [5, 5.41) is 9.62. The minimum absolute atomic E-state index is 0.284. The lowest BCUT2D eigenvalue weighted by Crippen LogP contribution is -2.35. The fourth-order valence-corrected chi connectivity index (χ4v) is 3.10. The summed E-state index contributed by atoms with van der Waals surface area (Å²) >= 11 is 3.35. The van der Waals surface area contributed by atoms with Crippen LogP contribution in [0.25, 0.3) is 0 Å². The van der Waals surface area contributed by atoms with Gasteiger partial charge in [0.25, 0.3) is 0 Å². The average Bonchev–Trinajstić information content (AvgIpc) is 2.51. The monoisotopic (exact) mass is 345 g/mol. The molecule has 1 unspecified atom stereocenters. The van der Waals surface area contributed by atoms with E-state index in [2.05, 4.69) is 22.0 Å². The normalized spacial score (nSPS) is 20.2. The first-order valence-corrected chi connectivity index (χ1v) is 7.47. The molecule has 1 atom stereocenters. The van der Waals surface area contributed by atoms with Crippen LogP contribution in [-0.2, 0) is 12.8 Å². The number of para-hydroxylation sites is 1. The topological polar surface area (TPSA) is 33.0 Å². The van der Waals surface area contributed by atoms with E-state index in [1.165, 1.54) is 6.07 Å². The van der Waals surface area contributed by atoms with Gasteiger partial charge in [-0.05, 0) is 48.2 Å². The van der Waals surface area contributed by atoms with Crippen molar-refractivity contribution in [2.75, 3.05) is 6.61 Å². The van der Waals surface area contributed by atoms with Crippen molar-refractivity contribution in [2.45, 2.75) is 12.8 Å². The number of nitriles is 1. The zero-order chi connectivity index (χ0) is 14.9. The molecule has 0 aliphatic carbocycles. The van der Waals surface area contributed by atoms with Crippen LogP contribution in [0.15, 0.2) is 46.9 Å². The summed E-state index contributed by atoms with van der Waals surface area (Å²) in [4.78, 5) is 0. The third kappa shape index (κ3) is 2.79. The van der Waals surface area contributed by atoms with Gasteiger partial charge in [0.1, 0.15) is 18.2 Å². The number of hydrogen-bond donors (Lipinski definition) is 0. The third-order valence-electron chi connectivity index (χ3n) is 3.78. The Labute approximate surface area is 131 Å². The molecule has 4 heteroatoms. The first kappa shape index (κ1) is 14.1. The SMILES string of the molecule is N#CC1(Cc2cc(Br)ccc2F)COc2ccccc2C1. The lowest BCUT2D eigenvalue weighted by Gasteiger charge is -2.32. The van der Waals surface area contributed by atoms with Gasteiger partial charge in [-0.2, -0.15) is 5.26 Å². The standard InChI is InChI=1S/C17H13BrFNO/c18-14-5-6-15(19)13(7-14)9-17(10-20)8-12-3-1-2-4-16(12)21-11-17/h1-7H,8-9,11H2. The molecule has 21 heavy (non-hydrogen) atoms. The van der Waals surface area contributed by atoms with Crippen LogP contribution in [0.4, 0.5) is 4.39 Å². The van der Waals surface area contributed by atoms with Crippen molar-refractivity contribution in [3.63, 3.8) is 0 Å². The lowest BCUT2D eigenvalue weighted by molar-refractivity contribution is 0.168. The highest BCUT2D eigenvalue weighted by Gasteiger charge is 2.37. The molecule has 0 fully saturated rings. The van der Waals surface area contributed by atoms with Crippen LogP contribution in [0.2, 0.25) is 0 Å². The molecule has 0 aromatic heterocycles. The molecule has 106 valence electrons. The number of fused-ring (bicyclic) bond motifs is 1. The van der Waals surface area contributed by atoms with Crippen molar-refractivity contribution >= 4 is 15.9 Å². The predicted octanol–water partition coefficient (Wildman–Crippen LogP) is 4.28. The van der Waals surface area contributed by atoms with Crippen LogP contribution in [0.1, 0.15) is 11.1 Å². The maximum absolute atomic E-state index is 14.0. The molecule has 0 radical (unpaired) electrons. The van der Waals surface area contributed by atoms with Crippen molar-refractivity contribution in [1.29, 1.82) is 5.26 Å². The molecule has 0 amide bonds. The Morgan fingerprint density at radius 3 is 2.90 bits per heavy atom. The zero-order valence-electron chi connectivity index (χ0n) is 11.3. The van der Waals surface area contributed by atoms with Crippen LogP contribution < -0.4 is 4.74 Å². The van der Waals surface area contributed by atoms with E-state index >= 15 is 0 Å². The summed E-state index contributed by atoms with van der Waals surface area (Å²) in [5.74, 6) is 0.532. The largest absolute Gasteiger partial charge is 0.492 e. The molecule has 1 heterocycles. The Hall–Kier alpha value is -1.86. The molecule has 1 aliphatic rings. The molecule has 1 aliphatic heterocycles. The quantitative estimate of drug-likeness (QED) is 0.813. The highest BCUT2D eigenvalue weighted by molar-refractivity contribution is 9.10. The number of hydrogen-bond acceptors (Lipinski definition) is 2. The molecule has 2 aromatic carbocycles. The fourth-order valence-electron chi connectivity index (χ4n) is 2.69. The van der Waals surface area contributed by atoms with Gasteiger partial charge in [-0.25, -0.2) is 4.39 Å². The van der Waals surface area contributed by atoms with Crippen LogP contribution in [-0.4, -0.2) is 6.61 Å². The first-order valence-electron chi connectivity index (χ1n) is 6.68. The smallest absolute Gasteiger partial charge is 0.126 e. The predicted molar refractivity (Wildman–Crippen MR) is 81.5 cm³/mol. The Morgan fingerprint density at radius 2 is 2.10 bits per heavy atom. The summed E-state index contributed by atoms with van der Waals surface area (Å²) in [6.45, 7) is 0.284. The van der Waals surface area contributed by atoms with Crippen LogP contribution in [0, 0.1) is 22.6 Å². The first-order chi connectivity index (χ1) is 10.1. The molecule has 2 nitrogen and oxygen atoms in total. The van der Waals surface area contributed by atoms with Gasteiger partial charge in [-0.1, -0.05) is 34.1 Å². The molecule has 0 N–H and O–H groups in total. The number of ether oxygens (including phenoxy) is 1. The molecule has 0 saturated heterocycles. The van der Waals surface area contributed by atoms with Crippen molar-refractivity contribution < 1.29 is 9.13 Å². The average molecular weight is 346 g/mol. The van der Waals surface area contributed by atoms with Gasteiger partial charge in [0.2, 0.25) is 0 Å². The van der Waals surface area contributed by atoms with E-state index in [9.17, 15) is 9.65 Å². The summed E-state index contributed by atoms with van der Waals surface area (Å²) in [6, 6.07) is 14.8. The lowest BCUT2D eigenvalue weighted by atomic mass is 9.77. The molecular formula is C17H13BrFNO. The maximum Gasteiger partial charge on any atom is 0.126 e. The van der Waals surface area contributed by atoms with E-state index in [0.29, 0.717) is 18.4 Å². The van der Waals surface area contributed by atoms with Crippen molar-refractivity contribution in [2.24, 2.45) is 5.41 Å². The fraction of sp³-hybridized carbons (Fsp3) is 0.235. The minimum Gasteiger partial charge on any atom is -0.492 e. The zero-order valence-corrected chi connectivity index (χ0v) is 12.9. The Morgan fingerprint density at radius 1 is 1.29 bits per heavy atom. The highest BCUT2D eigenvalue weighted by Crippen LogP contribution is 2.37. The van der Waals surface area contributed by atoms with E-state index in [0.717, 1.165) is 15.8 Å². The van der Waals surface area contributed by atoms with Crippen molar-refractivity contribution in [3.8, 4) is 11.8 Å². The Balaban J connectivity index is 1.93. The molecule has 0 saturated carbocycles. The summed E-state index contributed by atoms with van der Waals surface area (Å²) in [7, 11) is 0. The number of nitrogens with zero attached hydrogens (tertiary/aromatic N) is 1. The van der Waals surface area contributed by atoms with Gasteiger partial charge in [-0.3, -0.25) is 0 Å². The van der Waals surface area contributed by atoms with Gasteiger partial charge >= 0.3 is 0 Å². The van der Waals surface area contributed by atoms with Crippen molar-refractivity contribution in [3.05, 3.63) is 63.9 Å². The second-order valence-corrected chi connectivity index (χ2v) is 6.29. The Kier molecular flexibility index (Phi) is 3.69.